The van der Waals surface area contributed by atoms with Crippen LogP contribution in [0.2, 0.25) is 0 Å². The molecule has 0 saturated heterocycles. The maximum Gasteiger partial charge on any atom is 0.453 e. The molecule has 1 heterocycles. The lowest BCUT2D eigenvalue weighted by Gasteiger charge is -2.15. The van der Waals surface area contributed by atoms with Crippen LogP contribution in [0.15, 0.2) is 51.7 Å². The summed E-state index contributed by atoms with van der Waals surface area (Å²) in [6.45, 7) is 0.394. The second kappa shape index (κ2) is 11.3. The first-order valence-electron chi connectivity index (χ1n) is 11.3. The maximum absolute atomic E-state index is 13.8. The van der Waals surface area contributed by atoms with Crippen molar-refractivity contribution in [2.45, 2.75) is 13.1 Å². The molecule has 0 amide bonds. The molecular weight excluding hydrogens is 576 g/mol. The zero-order chi connectivity index (χ0) is 30.1. The summed E-state index contributed by atoms with van der Waals surface area (Å²) in [5, 5.41) is -0.417. The molecule has 15 heteroatoms. The number of ether oxygens (including phenoxy) is 4. The van der Waals surface area contributed by atoms with Crippen molar-refractivity contribution in [1.82, 2.24) is 0 Å². The molecule has 0 unspecified atom stereocenters. The number of halogens is 8. The Kier molecular flexibility index (Phi) is 8.07. The average molecular weight is 590 g/mol. The van der Waals surface area contributed by atoms with Gasteiger partial charge in [0.15, 0.2) is 23.9 Å². The molecule has 0 atom stereocenters. The molecule has 216 valence electrons. The van der Waals surface area contributed by atoms with Crippen molar-refractivity contribution in [2.75, 3.05) is 13.2 Å². The van der Waals surface area contributed by atoms with Crippen molar-refractivity contribution in [3.8, 4) is 28.7 Å². The molecule has 0 radical (unpaired) electrons. The van der Waals surface area contributed by atoms with Crippen molar-refractivity contribution in [2.24, 2.45) is 0 Å². The van der Waals surface area contributed by atoms with Gasteiger partial charge in [-0.1, -0.05) is 12.1 Å². The molecule has 0 fully saturated rings. The molecule has 0 aliphatic carbocycles. The fraction of sp³-hybridized carbons (Fsp3) is 0.154. The molecule has 4 aromatic rings. The number of para-hydroxylation sites is 2. The Balaban J connectivity index is 1.63. The van der Waals surface area contributed by atoms with Crippen LogP contribution in [0, 0.1) is 29.1 Å². The average Bonchev–Trinajstić information content (AvgIpc) is 2.92. The summed E-state index contributed by atoms with van der Waals surface area (Å²) in [7, 11) is 0. The highest BCUT2D eigenvalue weighted by Gasteiger charge is 2.41. The number of carbonyl (C=O) groups excluding carboxylic acids is 1. The molecule has 7 nitrogen and oxygen atoms in total. The van der Waals surface area contributed by atoms with Crippen molar-refractivity contribution in [3.63, 3.8) is 0 Å². The van der Waals surface area contributed by atoms with E-state index >= 15 is 0 Å². The van der Waals surface area contributed by atoms with E-state index in [1.54, 1.807) is 6.92 Å². The SMILES string of the molecule is CCOc1ccccc1Oc1c(C(F)(F)F)oc2cc(OC(=O)COc3c(F)c(F)c(F)c(F)c3F)ccc2c1=O. The summed E-state index contributed by atoms with van der Waals surface area (Å²) in [6, 6.07) is 8.26. The lowest BCUT2D eigenvalue weighted by Crippen LogP contribution is -2.20. The lowest BCUT2D eigenvalue weighted by atomic mass is 10.2. The highest BCUT2D eigenvalue weighted by molar-refractivity contribution is 5.81. The van der Waals surface area contributed by atoms with Crippen LogP contribution in [0.25, 0.3) is 11.0 Å². The van der Waals surface area contributed by atoms with E-state index in [9.17, 15) is 44.7 Å². The van der Waals surface area contributed by atoms with Gasteiger partial charge in [-0.05, 0) is 31.2 Å². The van der Waals surface area contributed by atoms with Crippen LogP contribution < -0.4 is 24.4 Å². The van der Waals surface area contributed by atoms with Crippen molar-refractivity contribution in [1.29, 1.82) is 0 Å². The number of fused-ring (bicyclic) bond motifs is 1. The van der Waals surface area contributed by atoms with E-state index in [0.717, 1.165) is 18.2 Å². The normalized spacial score (nSPS) is 11.4. The standard InChI is InChI=1S/C26H14F8O7/c1-2-37-13-5-3-4-6-14(13)40-24-22(36)12-8-7-11(9-15(12)41-25(24)26(32,33)34)39-16(35)10-38-23-20(30)18(28)17(27)19(29)21(23)31/h3-9H,2,10H2,1H3. The zero-order valence-corrected chi connectivity index (χ0v) is 20.3. The van der Waals surface area contributed by atoms with Crippen molar-refractivity contribution < 1.29 is 63.3 Å². The molecule has 4 rings (SSSR count). The topological polar surface area (TPSA) is 84.2 Å². The monoisotopic (exact) mass is 590 g/mol. The molecular formula is C26H14F8O7. The van der Waals surface area contributed by atoms with E-state index in [2.05, 4.69) is 4.74 Å². The quantitative estimate of drug-likeness (QED) is 0.0744. The number of alkyl halides is 3. The van der Waals surface area contributed by atoms with Crippen LogP contribution in [0.3, 0.4) is 0 Å². The third-order valence-electron chi connectivity index (χ3n) is 5.18. The number of esters is 1. The molecule has 0 spiro atoms. The number of rotatable bonds is 8. The minimum Gasteiger partial charge on any atom is -0.490 e. The van der Waals surface area contributed by atoms with Gasteiger partial charge in [0.2, 0.25) is 40.3 Å². The smallest absolute Gasteiger partial charge is 0.453 e. The highest BCUT2D eigenvalue weighted by atomic mass is 19.4. The van der Waals surface area contributed by atoms with Crippen LogP contribution in [0.1, 0.15) is 12.7 Å². The summed E-state index contributed by atoms with van der Waals surface area (Å²) in [6.07, 6.45) is -5.22. The number of hydrogen-bond donors (Lipinski definition) is 0. The second-order valence-corrected chi connectivity index (χ2v) is 7.89. The largest absolute Gasteiger partial charge is 0.490 e. The van der Waals surface area contributed by atoms with Crippen molar-refractivity contribution in [3.05, 3.63) is 87.5 Å². The van der Waals surface area contributed by atoms with Gasteiger partial charge >= 0.3 is 12.1 Å². The first-order valence-corrected chi connectivity index (χ1v) is 11.3. The Bertz CT molecular complexity index is 1670. The lowest BCUT2D eigenvalue weighted by molar-refractivity contribution is -0.154. The Morgan fingerprint density at radius 3 is 2.05 bits per heavy atom. The third-order valence-corrected chi connectivity index (χ3v) is 5.18. The van der Waals surface area contributed by atoms with Gasteiger partial charge in [0.1, 0.15) is 11.3 Å². The van der Waals surface area contributed by atoms with Crippen LogP contribution in [0.4, 0.5) is 35.1 Å². The summed E-state index contributed by atoms with van der Waals surface area (Å²) in [4.78, 5) is 25.1. The molecule has 0 aliphatic rings. The second-order valence-electron chi connectivity index (χ2n) is 7.89. The summed E-state index contributed by atoms with van der Waals surface area (Å²) < 4.78 is 133. The number of carbonyl (C=O) groups is 1. The minimum absolute atomic E-state index is 0.0537. The molecule has 41 heavy (non-hydrogen) atoms. The van der Waals surface area contributed by atoms with Gasteiger partial charge in [-0.2, -0.15) is 22.0 Å². The summed E-state index contributed by atoms with van der Waals surface area (Å²) >= 11 is 0. The van der Waals surface area contributed by atoms with E-state index in [-0.39, 0.29) is 18.1 Å². The van der Waals surface area contributed by atoms with E-state index in [1.807, 2.05) is 0 Å². The summed E-state index contributed by atoms with van der Waals surface area (Å²) in [5.41, 5.74) is -1.93. The van der Waals surface area contributed by atoms with E-state index < -0.39 is 87.2 Å². The van der Waals surface area contributed by atoms with E-state index in [0.29, 0.717) is 0 Å². The molecule has 0 saturated carbocycles. The highest BCUT2D eigenvalue weighted by Crippen LogP contribution is 2.40. The van der Waals surface area contributed by atoms with Crippen LogP contribution in [-0.4, -0.2) is 19.2 Å². The predicted molar refractivity (Wildman–Crippen MR) is 123 cm³/mol. The Morgan fingerprint density at radius 2 is 1.44 bits per heavy atom. The first-order chi connectivity index (χ1) is 19.3. The first kappa shape index (κ1) is 29.2. The van der Waals surface area contributed by atoms with Gasteiger partial charge in [0.05, 0.1) is 12.0 Å². The molecule has 3 aromatic carbocycles. The molecule has 0 bridgehead atoms. The van der Waals surface area contributed by atoms with Crippen molar-refractivity contribution >= 4 is 16.9 Å². The van der Waals surface area contributed by atoms with Gasteiger partial charge in [0.25, 0.3) is 5.76 Å². The Labute approximate surface area is 223 Å². The van der Waals surface area contributed by atoms with Gasteiger partial charge in [-0.3, -0.25) is 4.79 Å². The van der Waals surface area contributed by atoms with Crippen LogP contribution in [-0.2, 0) is 11.0 Å². The van der Waals surface area contributed by atoms with Crippen LogP contribution >= 0.6 is 0 Å². The van der Waals surface area contributed by atoms with Crippen LogP contribution in [0.5, 0.6) is 28.7 Å². The van der Waals surface area contributed by atoms with Gasteiger partial charge in [-0.25, -0.2) is 18.0 Å². The number of hydrogen-bond acceptors (Lipinski definition) is 7. The van der Waals surface area contributed by atoms with E-state index in [4.69, 9.17) is 18.6 Å². The fourth-order valence-electron chi connectivity index (χ4n) is 3.42. The third kappa shape index (κ3) is 5.88. The van der Waals surface area contributed by atoms with E-state index in [1.165, 1.54) is 24.3 Å². The number of benzene rings is 3. The Hall–Kier alpha value is -4.82. The minimum atomic E-state index is -5.22. The van der Waals surface area contributed by atoms with Gasteiger partial charge in [-0.15, -0.1) is 0 Å². The predicted octanol–water partition coefficient (Wildman–Crippen LogP) is 6.68. The fourth-order valence-corrected chi connectivity index (χ4v) is 3.42. The zero-order valence-electron chi connectivity index (χ0n) is 20.3. The maximum atomic E-state index is 13.8. The Morgan fingerprint density at radius 1 is 0.829 bits per heavy atom. The van der Waals surface area contributed by atoms with Gasteiger partial charge < -0.3 is 23.4 Å². The molecule has 1 aromatic heterocycles. The van der Waals surface area contributed by atoms with Gasteiger partial charge in [0, 0.05) is 6.07 Å². The molecule has 0 aliphatic heterocycles. The summed E-state index contributed by atoms with van der Waals surface area (Å²) in [5.74, 6) is -18.7. The molecule has 0 N–H and O–H groups in total.